The van der Waals surface area contributed by atoms with E-state index in [-0.39, 0.29) is 6.61 Å². The minimum absolute atomic E-state index is 0.159. The number of thiophene rings is 1. The molecule has 0 amide bonds. The van der Waals surface area contributed by atoms with Crippen molar-refractivity contribution in [2.75, 3.05) is 20.2 Å². The van der Waals surface area contributed by atoms with Crippen LogP contribution < -0.4 is 0 Å². The van der Waals surface area contributed by atoms with Crippen LogP contribution in [0.3, 0.4) is 0 Å². The first-order chi connectivity index (χ1) is 6.13. The van der Waals surface area contributed by atoms with Crippen LogP contribution in [0.2, 0.25) is 8.67 Å². The van der Waals surface area contributed by atoms with Crippen molar-refractivity contribution >= 4 is 34.5 Å². The number of hydrogen-bond donors (Lipinski definition) is 1. The van der Waals surface area contributed by atoms with Crippen LogP contribution in [0, 0.1) is 0 Å². The summed E-state index contributed by atoms with van der Waals surface area (Å²) in [5.74, 6) is 0. The lowest BCUT2D eigenvalue weighted by Gasteiger charge is -2.13. The smallest absolute Gasteiger partial charge is 0.0989 e. The molecule has 0 aromatic carbocycles. The number of halogens is 2. The fraction of sp³-hybridized carbons (Fsp3) is 0.500. The second-order valence-electron chi connectivity index (χ2n) is 2.81. The molecule has 0 fully saturated rings. The number of hydrogen-bond acceptors (Lipinski definition) is 3. The van der Waals surface area contributed by atoms with Crippen LogP contribution in [0.1, 0.15) is 5.56 Å². The molecule has 13 heavy (non-hydrogen) atoms. The van der Waals surface area contributed by atoms with E-state index in [2.05, 4.69) is 0 Å². The zero-order valence-electron chi connectivity index (χ0n) is 7.26. The van der Waals surface area contributed by atoms with Crippen molar-refractivity contribution in [1.82, 2.24) is 4.90 Å². The first-order valence-electron chi connectivity index (χ1n) is 3.86. The zero-order valence-corrected chi connectivity index (χ0v) is 9.59. The molecule has 1 N–H and O–H groups in total. The van der Waals surface area contributed by atoms with E-state index in [4.69, 9.17) is 28.3 Å². The predicted octanol–water partition coefficient (Wildman–Crippen LogP) is 2.48. The van der Waals surface area contributed by atoms with E-state index >= 15 is 0 Å². The average molecular weight is 240 g/mol. The molecule has 1 heterocycles. The lowest BCUT2D eigenvalue weighted by Crippen LogP contribution is -2.21. The highest BCUT2D eigenvalue weighted by Crippen LogP contribution is 2.31. The molecule has 0 bridgehead atoms. The molecule has 1 aromatic heterocycles. The van der Waals surface area contributed by atoms with Crippen molar-refractivity contribution in [3.8, 4) is 0 Å². The largest absolute Gasteiger partial charge is 0.395 e. The van der Waals surface area contributed by atoms with Gasteiger partial charge >= 0.3 is 0 Å². The highest BCUT2D eigenvalue weighted by atomic mass is 35.5. The number of aliphatic hydroxyl groups excluding tert-OH is 1. The summed E-state index contributed by atoms with van der Waals surface area (Å²) in [7, 11) is 1.93. The molecule has 0 radical (unpaired) electrons. The average Bonchev–Trinajstić information content (AvgIpc) is 2.30. The van der Waals surface area contributed by atoms with Gasteiger partial charge in [-0.3, -0.25) is 4.90 Å². The van der Waals surface area contributed by atoms with Crippen LogP contribution in [0.5, 0.6) is 0 Å². The van der Waals surface area contributed by atoms with Crippen LogP contribution in [0.25, 0.3) is 0 Å². The van der Waals surface area contributed by atoms with Crippen molar-refractivity contribution in [3.63, 3.8) is 0 Å². The lowest BCUT2D eigenvalue weighted by molar-refractivity contribution is 0.217. The maximum absolute atomic E-state index is 8.69. The minimum atomic E-state index is 0.159. The van der Waals surface area contributed by atoms with Crippen molar-refractivity contribution < 1.29 is 5.11 Å². The number of likely N-dealkylation sites (N-methyl/N-ethyl adjacent to an activating group) is 1. The molecule has 0 aliphatic rings. The van der Waals surface area contributed by atoms with Crippen LogP contribution in [0.15, 0.2) is 6.07 Å². The van der Waals surface area contributed by atoms with Gasteiger partial charge < -0.3 is 5.11 Å². The van der Waals surface area contributed by atoms with Crippen molar-refractivity contribution in [2.24, 2.45) is 0 Å². The number of aliphatic hydroxyl groups is 1. The summed E-state index contributed by atoms with van der Waals surface area (Å²) < 4.78 is 1.44. The molecule has 0 spiro atoms. The van der Waals surface area contributed by atoms with E-state index in [1.807, 2.05) is 18.0 Å². The van der Waals surface area contributed by atoms with Crippen LogP contribution >= 0.6 is 34.5 Å². The highest BCUT2D eigenvalue weighted by Gasteiger charge is 2.07. The Morgan fingerprint density at radius 1 is 1.54 bits per heavy atom. The van der Waals surface area contributed by atoms with E-state index in [0.29, 0.717) is 10.9 Å². The number of nitrogens with zero attached hydrogens (tertiary/aromatic N) is 1. The summed E-state index contributed by atoms with van der Waals surface area (Å²) in [4.78, 5) is 1.99. The van der Waals surface area contributed by atoms with Gasteiger partial charge in [-0.15, -0.1) is 11.3 Å². The van der Waals surface area contributed by atoms with Crippen LogP contribution in [-0.4, -0.2) is 30.2 Å². The maximum Gasteiger partial charge on any atom is 0.0989 e. The van der Waals surface area contributed by atoms with E-state index < -0.39 is 0 Å². The summed E-state index contributed by atoms with van der Waals surface area (Å²) in [5, 5.41) is 8.69. The summed E-state index contributed by atoms with van der Waals surface area (Å²) >= 11 is 13.1. The quantitative estimate of drug-likeness (QED) is 0.873. The van der Waals surface area contributed by atoms with Crippen molar-refractivity contribution in [1.29, 1.82) is 0 Å². The zero-order chi connectivity index (χ0) is 9.84. The molecule has 74 valence electrons. The minimum Gasteiger partial charge on any atom is -0.395 e. The van der Waals surface area contributed by atoms with Crippen molar-refractivity contribution in [2.45, 2.75) is 6.54 Å². The second kappa shape index (κ2) is 5.17. The third-order valence-corrected chi connectivity index (χ3v) is 3.22. The van der Waals surface area contributed by atoms with Crippen molar-refractivity contribution in [3.05, 3.63) is 20.3 Å². The first-order valence-corrected chi connectivity index (χ1v) is 5.44. The predicted molar refractivity (Wildman–Crippen MR) is 57.8 cm³/mol. The van der Waals surface area contributed by atoms with Gasteiger partial charge in [-0.25, -0.2) is 0 Å². The third-order valence-electron chi connectivity index (χ3n) is 1.65. The molecule has 0 saturated heterocycles. The Hall–Kier alpha value is 0.200. The molecule has 1 aromatic rings. The monoisotopic (exact) mass is 239 g/mol. The standard InChI is InChI=1S/C8H11Cl2NOS/c1-11(2-3-12)5-6-4-7(9)13-8(6)10/h4,12H,2-3,5H2,1H3. The van der Waals surface area contributed by atoms with Gasteiger partial charge in [0.25, 0.3) is 0 Å². The number of rotatable bonds is 4. The Morgan fingerprint density at radius 3 is 2.69 bits per heavy atom. The van der Waals surface area contributed by atoms with Gasteiger partial charge in [0.2, 0.25) is 0 Å². The summed E-state index contributed by atoms with van der Waals surface area (Å²) in [6.07, 6.45) is 0. The third kappa shape index (κ3) is 3.44. The summed E-state index contributed by atoms with van der Waals surface area (Å²) in [6.45, 7) is 1.53. The topological polar surface area (TPSA) is 23.5 Å². The highest BCUT2D eigenvalue weighted by molar-refractivity contribution is 7.20. The fourth-order valence-electron chi connectivity index (χ4n) is 1.02. The van der Waals surface area contributed by atoms with E-state index in [9.17, 15) is 0 Å². The maximum atomic E-state index is 8.69. The molecular formula is C8H11Cl2NOS. The van der Waals surface area contributed by atoms with Gasteiger partial charge in [0, 0.05) is 13.1 Å². The van der Waals surface area contributed by atoms with E-state index in [1.165, 1.54) is 11.3 Å². The molecule has 0 unspecified atom stereocenters. The van der Waals surface area contributed by atoms with Gasteiger partial charge in [-0.05, 0) is 18.7 Å². The second-order valence-corrected chi connectivity index (χ2v) is 5.10. The van der Waals surface area contributed by atoms with E-state index in [0.717, 1.165) is 16.4 Å². The molecule has 5 heteroatoms. The fourth-order valence-corrected chi connectivity index (χ4v) is 2.49. The van der Waals surface area contributed by atoms with E-state index in [1.54, 1.807) is 0 Å². The van der Waals surface area contributed by atoms with Crippen LogP contribution in [0.4, 0.5) is 0 Å². The van der Waals surface area contributed by atoms with Crippen LogP contribution in [-0.2, 0) is 6.54 Å². The Morgan fingerprint density at radius 2 is 2.23 bits per heavy atom. The van der Waals surface area contributed by atoms with Gasteiger partial charge in [-0.2, -0.15) is 0 Å². The van der Waals surface area contributed by atoms with Gasteiger partial charge in [0.15, 0.2) is 0 Å². The molecule has 0 aliphatic carbocycles. The molecular weight excluding hydrogens is 229 g/mol. The SMILES string of the molecule is CN(CCO)Cc1cc(Cl)sc1Cl. The molecule has 2 nitrogen and oxygen atoms in total. The summed E-state index contributed by atoms with van der Waals surface area (Å²) in [6, 6.07) is 1.86. The molecule has 0 atom stereocenters. The Balaban J connectivity index is 2.57. The Labute approximate surface area is 91.7 Å². The molecule has 0 saturated carbocycles. The van der Waals surface area contributed by atoms with Gasteiger partial charge in [-0.1, -0.05) is 23.2 Å². The first kappa shape index (κ1) is 11.3. The molecule has 0 aliphatic heterocycles. The normalized spacial score (nSPS) is 11.2. The van der Waals surface area contributed by atoms with Gasteiger partial charge in [0.05, 0.1) is 15.3 Å². The van der Waals surface area contributed by atoms with Gasteiger partial charge in [0.1, 0.15) is 0 Å². The summed E-state index contributed by atoms with van der Waals surface area (Å²) in [5.41, 5.74) is 1.02. The molecule has 1 rings (SSSR count). The Bertz CT molecular complexity index is 277. The lowest BCUT2D eigenvalue weighted by atomic mass is 10.3. The Kier molecular flexibility index (Phi) is 4.49.